The summed E-state index contributed by atoms with van der Waals surface area (Å²) < 4.78 is 18.3. The zero-order valence-corrected chi connectivity index (χ0v) is 12.8. The molecule has 2 atom stereocenters. The van der Waals surface area contributed by atoms with Gasteiger partial charge in [-0.05, 0) is 24.3 Å². The van der Waals surface area contributed by atoms with Gasteiger partial charge in [-0.15, -0.1) is 6.58 Å². The smallest absolute Gasteiger partial charge is 0.282 e. The van der Waals surface area contributed by atoms with E-state index in [1.54, 1.807) is 6.08 Å². The first-order valence-corrected chi connectivity index (χ1v) is 7.48. The van der Waals surface area contributed by atoms with Crippen molar-refractivity contribution < 1.29 is 14.2 Å². The van der Waals surface area contributed by atoms with Gasteiger partial charge < -0.3 is 14.2 Å². The molecule has 0 saturated heterocycles. The second-order valence-electron chi connectivity index (χ2n) is 5.37. The van der Waals surface area contributed by atoms with Gasteiger partial charge in [0.2, 0.25) is 0 Å². The Balaban J connectivity index is 1.96. The highest BCUT2D eigenvalue weighted by Gasteiger charge is 2.47. The van der Waals surface area contributed by atoms with E-state index in [4.69, 9.17) is 20.1 Å². The molecule has 1 aliphatic rings. The number of ether oxygens (including phenoxy) is 3. The lowest BCUT2D eigenvalue weighted by Crippen LogP contribution is -2.61. The number of fused-ring (bicyclic) bond motifs is 1. The van der Waals surface area contributed by atoms with Crippen LogP contribution in [0.15, 0.2) is 67.3 Å². The molecule has 3 N–H and O–H groups in total. The van der Waals surface area contributed by atoms with Gasteiger partial charge in [-0.2, -0.15) is 0 Å². The molecule has 2 aromatic rings. The van der Waals surface area contributed by atoms with Crippen LogP contribution >= 0.6 is 0 Å². The number of nitrogens with two attached hydrogens (primary N) is 1. The predicted molar refractivity (Wildman–Crippen MR) is 88.3 cm³/mol. The van der Waals surface area contributed by atoms with Crippen LogP contribution in [0.2, 0.25) is 0 Å². The molecule has 0 bridgehead atoms. The average molecular weight is 312 g/mol. The van der Waals surface area contributed by atoms with Crippen molar-refractivity contribution in [3.8, 4) is 17.2 Å². The monoisotopic (exact) mass is 312 g/mol. The van der Waals surface area contributed by atoms with Gasteiger partial charge in [0.25, 0.3) is 6.29 Å². The van der Waals surface area contributed by atoms with Crippen molar-refractivity contribution in [2.24, 2.45) is 5.84 Å². The van der Waals surface area contributed by atoms with Crippen LogP contribution in [0, 0.1) is 0 Å². The van der Waals surface area contributed by atoms with Crippen molar-refractivity contribution in [3.63, 3.8) is 0 Å². The Bertz CT molecular complexity index is 662. The SMILES string of the molecule is C=CCC1(CNN)Oc2ccccc2OC1Oc1ccccc1. The molecule has 0 amide bonds. The molecule has 5 nitrogen and oxygen atoms in total. The lowest BCUT2D eigenvalue weighted by molar-refractivity contribution is -0.156. The lowest BCUT2D eigenvalue weighted by Gasteiger charge is -2.43. The highest BCUT2D eigenvalue weighted by molar-refractivity contribution is 5.42. The van der Waals surface area contributed by atoms with Crippen molar-refractivity contribution in [1.29, 1.82) is 0 Å². The Kier molecular flexibility index (Phi) is 4.50. The van der Waals surface area contributed by atoms with Crippen LogP contribution in [0.4, 0.5) is 0 Å². The number of nitrogens with one attached hydrogen (secondary N) is 1. The quantitative estimate of drug-likeness (QED) is 0.488. The van der Waals surface area contributed by atoms with Crippen LogP contribution in [-0.2, 0) is 0 Å². The number of hydrogen-bond donors (Lipinski definition) is 2. The number of rotatable bonds is 6. The molecule has 120 valence electrons. The third kappa shape index (κ3) is 3.16. The fourth-order valence-corrected chi connectivity index (χ4v) is 2.62. The Morgan fingerprint density at radius 3 is 2.52 bits per heavy atom. The van der Waals surface area contributed by atoms with Crippen molar-refractivity contribution in [2.75, 3.05) is 6.54 Å². The highest BCUT2D eigenvalue weighted by atomic mass is 16.7. The molecular weight excluding hydrogens is 292 g/mol. The third-order valence-corrected chi connectivity index (χ3v) is 3.70. The van der Waals surface area contributed by atoms with E-state index in [0.717, 1.165) is 0 Å². The van der Waals surface area contributed by atoms with Crippen molar-refractivity contribution >= 4 is 0 Å². The Morgan fingerprint density at radius 1 is 1.13 bits per heavy atom. The van der Waals surface area contributed by atoms with E-state index in [2.05, 4.69) is 12.0 Å². The summed E-state index contributed by atoms with van der Waals surface area (Å²) in [5.74, 6) is 7.58. The van der Waals surface area contributed by atoms with Crippen LogP contribution in [-0.4, -0.2) is 18.4 Å². The minimum Gasteiger partial charge on any atom is -0.474 e. The van der Waals surface area contributed by atoms with Crippen molar-refractivity contribution in [1.82, 2.24) is 5.43 Å². The van der Waals surface area contributed by atoms with E-state index < -0.39 is 11.9 Å². The van der Waals surface area contributed by atoms with Crippen LogP contribution in [0.1, 0.15) is 6.42 Å². The second-order valence-corrected chi connectivity index (χ2v) is 5.37. The first-order valence-electron chi connectivity index (χ1n) is 7.48. The van der Waals surface area contributed by atoms with E-state index in [-0.39, 0.29) is 0 Å². The highest BCUT2D eigenvalue weighted by Crippen LogP contribution is 2.40. The van der Waals surface area contributed by atoms with Crippen molar-refractivity contribution in [3.05, 3.63) is 67.3 Å². The average Bonchev–Trinajstić information content (AvgIpc) is 2.57. The number of hydrazine groups is 1. The fourth-order valence-electron chi connectivity index (χ4n) is 2.62. The van der Waals surface area contributed by atoms with Gasteiger partial charge in [0.05, 0.1) is 6.54 Å². The molecule has 0 spiro atoms. The molecule has 5 heteroatoms. The standard InChI is InChI=1S/C18H20N2O3/c1-2-12-18(13-20-19)17(21-14-8-4-3-5-9-14)22-15-10-6-7-11-16(15)23-18/h2-11,17,20H,1,12-13,19H2. The number of hydrogen-bond acceptors (Lipinski definition) is 5. The maximum absolute atomic E-state index is 6.22. The van der Waals surface area contributed by atoms with Crippen LogP contribution in [0.5, 0.6) is 17.2 Å². The van der Waals surface area contributed by atoms with E-state index in [1.807, 2.05) is 54.6 Å². The molecule has 0 radical (unpaired) electrons. The summed E-state index contributed by atoms with van der Waals surface area (Å²) in [5, 5.41) is 0. The van der Waals surface area contributed by atoms with Gasteiger partial charge in [0, 0.05) is 6.42 Å². The Morgan fingerprint density at radius 2 is 1.83 bits per heavy atom. The van der Waals surface area contributed by atoms with Crippen LogP contribution in [0.25, 0.3) is 0 Å². The number of para-hydroxylation sites is 3. The first kappa shape index (κ1) is 15.4. The summed E-state index contributed by atoms with van der Waals surface area (Å²) in [7, 11) is 0. The zero-order valence-electron chi connectivity index (χ0n) is 12.8. The normalized spacial score (nSPS) is 22.4. The van der Waals surface area contributed by atoms with Gasteiger partial charge in [-0.1, -0.05) is 36.4 Å². The lowest BCUT2D eigenvalue weighted by atomic mass is 9.97. The molecule has 2 aromatic carbocycles. The topological polar surface area (TPSA) is 65.7 Å². The van der Waals surface area contributed by atoms with E-state index >= 15 is 0 Å². The molecule has 23 heavy (non-hydrogen) atoms. The van der Waals surface area contributed by atoms with Gasteiger partial charge >= 0.3 is 0 Å². The number of benzene rings is 2. The maximum Gasteiger partial charge on any atom is 0.282 e. The van der Waals surface area contributed by atoms with Gasteiger partial charge in [0.15, 0.2) is 17.1 Å². The summed E-state index contributed by atoms with van der Waals surface area (Å²) in [6.07, 6.45) is 1.63. The Hall–Kier alpha value is -2.50. The minimum absolute atomic E-state index is 0.352. The summed E-state index contributed by atoms with van der Waals surface area (Å²) in [4.78, 5) is 0. The van der Waals surface area contributed by atoms with Gasteiger partial charge in [-0.3, -0.25) is 11.3 Å². The summed E-state index contributed by atoms with van der Waals surface area (Å²) in [6.45, 7) is 4.17. The third-order valence-electron chi connectivity index (χ3n) is 3.70. The van der Waals surface area contributed by atoms with Gasteiger partial charge in [0.1, 0.15) is 5.75 Å². The summed E-state index contributed by atoms with van der Waals surface area (Å²) >= 11 is 0. The maximum atomic E-state index is 6.22. The van der Waals surface area contributed by atoms with E-state index in [1.165, 1.54) is 0 Å². The first-order chi connectivity index (χ1) is 11.3. The van der Waals surface area contributed by atoms with Crippen molar-refractivity contribution in [2.45, 2.75) is 18.3 Å². The van der Waals surface area contributed by atoms with E-state index in [0.29, 0.717) is 30.2 Å². The van der Waals surface area contributed by atoms with Gasteiger partial charge in [-0.25, -0.2) is 0 Å². The molecule has 0 aromatic heterocycles. The predicted octanol–water partition coefficient (Wildman–Crippen LogP) is 2.64. The molecule has 0 saturated carbocycles. The summed E-state index contributed by atoms with van der Waals surface area (Å²) in [5.41, 5.74) is 1.87. The van der Waals surface area contributed by atoms with Crippen LogP contribution in [0.3, 0.4) is 0 Å². The van der Waals surface area contributed by atoms with E-state index in [9.17, 15) is 0 Å². The fraction of sp³-hybridized carbons (Fsp3) is 0.222. The molecule has 2 unspecified atom stereocenters. The Labute approximate surface area is 135 Å². The molecule has 1 aliphatic heterocycles. The summed E-state index contributed by atoms with van der Waals surface area (Å²) in [6, 6.07) is 17.0. The zero-order chi connectivity index (χ0) is 16.1. The molecule has 0 fully saturated rings. The molecular formula is C18H20N2O3. The minimum atomic E-state index is -0.805. The second kappa shape index (κ2) is 6.73. The molecule has 3 rings (SSSR count). The molecule has 0 aliphatic carbocycles. The largest absolute Gasteiger partial charge is 0.474 e. The molecule has 1 heterocycles. The van der Waals surface area contributed by atoms with Crippen LogP contribution < -0.4 is 25.5 Å².